The molecule has 0 fully saturated rings. The molecule has 1 aromatic heterocycles. The molecule has 1 aliphatic rings. The molecular weight excluding hydrogens is 348 g/mol. The molecule has 0 radical (unpaired) electrons. The zero-order chi connectivity index (χ0) is 18.4. The number of aryl methyl sites for hydroxylation is 2. The smallest absolute Gasteiger partial charge is 0.261 e. The second kappa shape index (κ2) is 6.22. The van der Waals surface area contributed by atoms with Gasteiger partial charge in [0.25, 0.3) is 11.8 Å². The van der Waals surface area contributed by atoms with Crippen molar-refractivity contribution in [1.82, 2.24) is 9.88 Å². The number of rotatable bonds is 3. The van der Waals surface area contributed by atoms with Crippen molar-refractivity contribution >= 4 is 34.3 Å². The Labute approximate surface area is 156 Å². The van der Waals surface area contributed by atoms with Gasteiger partial charge in [-0.2, -0.15) is 0 Å². The first-order chi connectivity index (χ1) is 12.5. The fourth-order valence-corrected chi connectivity index (χ4v) is 3.55. The lowest BCUT2D eigenvalue weighted by molar-refractivity contribution is 0.0656. The van der Waals surface area contributed by atoms with Crippen LogP contribution in [0.3, 0.4) is 0 Å². The molecular formula is C21H17ClN2O2. The third-order valence-electron chi connectivity index (χ3n) is 4.94. The van der Waals surface area contributed by atoms with Crippen molar-refractivity contribution in [3.05, 3.63) is 75.4 Å². The predicted molar refractivity (Wildman–Crippen MR) is 102 cm³/mol. The summed E-state index contributed by atoms with van der Waals surface area (Å²) in [4.78, 5) is 30.7. The van der Waals surface area contributed by atoms with Gasteiger partial charge >= 0.3 is 0 Å². The number of carbonyl (C=O) groups excluding carboxylic acids is 2. The van der Waals surface area contributed by atoms with Crippen LogP contribution in [0.1, 0.15) is 37.4 Å². The van der Waals surface area contributed by atoms with Crippen LogP contribution in [0.2, 0.25) is 5.15 Å². The summed E-state index contributed by atoms with van der Waals surface area (Å²) in [7, 11) is 0. The van der Waals surface area contributed by atoms with E-state index in [9.17, 15) is 9.59 Å². The molecule has 0 unspecified atom stereocenters. The van der Waals surface area contributed by atoms with Crippen LogP contribution in [0, 0.1) is 13.8 Å². The van der Waals surface area contributed by atoms with Gasteiger partial charge < -0.3 is 0 Å². The topological polar surface area (TPSA) is 50.3 Å². The summed E-state index contributed by atoms with van der Waals surface area (Å²) >= 11 is 6.34. The first-order valence-corrected chi connectivity index (χ1v) is 8.85. The van der Waals surface area contributed by atoms with Crippen LogP contribution in [0.15, 0.2) is 42.5 Å². The second-order valence-electron chi connectivity index (χ2n) is 6.62. The van der Waals surface area contributed by atoms with Crippen LogP contribution in [-0.2, 0) is 6.42 Å². The monoisotopic (exact) mass is 364 g/mol. The zero-order valence-corrected chi connectivity index (χ0v) is 15.3. The van der Waals surface area contributed by atoms with E-state index in [1.807, 2.05) is 19.1 Å². The number of benzene rings is 2. The molecule has 3 aromatic rings. The zero-order valence-electron chi connectivity index (χ0n) is 14.5. The second-order valence-corrected chi connectivity index (χ2v) is 6.98. The Bertz CT molecular complexity index is 1040. The van der Waals surface area contributed by atoms with Crippen LogP contribution in [-0.4, -0.2) is 28.2 Å². The average Bonchev–Trinajstić information content (AvgIpc) is 2.86. The Kier molecular flexibility index (Phi) is 4.00. The largest absolute Gasteiger partial charge is 0.274 e. The molecule has 2 amide bonds. The van der Waals surface area contributed by atoms with Crippen molar-refractivity contribution in [2.45, 2.75) is 20.3 Å². The van der Waals surface area contributed by atoms with Gasteiger partial charge in [0.1, 0.15) is 5.15 Å². The summed E-state index contributed by atoms with van der Waals surface area (Å²) in [6.07, 6.45) is 0.472. The lowest BCUT2D eigenvalue weighted by atomic mass is 10.0. The normalized spacial score (nSPS) is 13.6. The van der Waals surface area contributed by atoms with Crippen molar-refractivity contribution in [1.29, 1.82) is 0 Å². The lowest BCUT2D eigenvalue weighted by Crippen LogP contribution is -2.31. The van der Waals surface area contributed by atoms with E-state index < -0.39 is 0 Å². The van der Waals surface area contributed by atoms with Gasteiger partial charge in [0.15, 0.2) is 0 Å². The molecule has 0 atom stereocenters. The molecule has 4 rings (SSSR count). The Morgan fingerprint density at radius 2 is 1.58 bits per heavy atom. The van der Waals surface area contributed by atoms with Crippen molar-refractivity contribution in [2.24, 2.45) is 0 Å². The fourth-order valence-electron chi connectivity index (χ4n) is 3.31. The number of nitrogens with zero attached hydrogens (tertiary/aromatic N) is 2. The van der Waals surface area contributed by atoms with Crippen LogP contribution in [0.25, 0.3) is 10.9 Å². The van der Waals surface area contributed by atoms with E-state index in [0.29, 0.717) is 22.7 Å². The third kappa shape index (κ3) is 2.67. The lowest BCUT2D eigenvalue weighted by Gasteiger charge is -2.14. The summed E-state index contributed by atoms with van der Waals surface area (Å²) in [5.74, 6) is -0.496. The minimum absolute atomic E-state index is 0.248. The van der Waals surface area contributed by atoms with E-state index in [1.54, 1.807) is 24.3 Å². The molecule has 26 heavy (non-hydrogen) atoms. The van der Waals surface area contributed by atoms with Gasteiger partial charge in [0.05, 0.1) is 16.6 Å². The summed E-state index contributed by atoms with van der Waals surface area (Å²) in [5.41, 5.74) is 4.96. The quantitative estimate of drug-likeness (QED) is 0.513. The number of carbonyl (C=O) groups is 2. The number of imide groups is 1. The Morgan fingerprint density at radius 1 is 0.962 bits per heavy atom. The number of hydrogen-bond acceptors (Lipinski definition) is 3. The molecule has 5 heteroatoms. The van der Waals surface area contributed by atoms with Gasteiger partial charge in [0.2, 0.25) is 0 Å². The van der Waals surface area contributed by atoms with Crippen molar-refractivity contribution < 1.29 is 9.59 Å². The van der Waals surface area contributed by atoms with Crippen LogP contribution in [0.4, 0.5) is 0 Å². The molecule has 4 nitrogen and oxygen atoms in total. The average molecular weight is 365 g/mol. The van der Waals surface area contributed by atoms with E-state index in [1.165, 1.54) is 16.0 Å². The maximum Gasteiger partial charge on any atom is 0.261 e. The number of amides is 2. The van der Waals surface area contributed by atoms with Gasteiger partial charge in [-0.3, -0.25) is 14.5 Å². The highest BCUT2D eigenvalue weighted by Crippen LogP contribution is 2.26. The molecule has 0 spiro atoms. The molecule has 0 bridgehead atoms. The summed E-state index contributed by atoms with van der Waals surface area (Å²) < 4.78 is 0. The molecule has 1 aliphatic heterocycles. The van der Waals surface area contributed by atoms with E-state index in [0.717, 1.165) is 16.5 Å². The SMILES string of the molecule is Cc1cc2cc(CCN3C(=O)c4ccccc4C3=O)c(Cl)nc2cc1C. The van der Waals surface area contributed by atoms with Crippen LogP contribution < -0.4 is 0 Å². The molecule has 2 aromatic carbocycles. The number of aromatic nitrogens is 1. The molecule has 130 valence electrons. The Morgan fingerprint density at radius 3 is 2.23 bits per heavy atom. The summed E-state index contributed by atoms with van der Waals surface area (Å²) in [6, 6.07) is 13.0. The predicted octanol–water partition coefficient (Wildman–Crippen LogP) is 4.34. The summed E-state index contributed by atoms with van der Waals surface area (Å²) in [6.45, 7) is 4.38. The summed E-state index contributed by atoms with van der Waals surface area (Å²) in [5, 5.41) is 1.42. The van der Waals surface area contributed by atoms with Crippen LogP contribution in [0.5, 0.6) is 0 Å². The Hall–Kier alpha value is -2.72. The fraction of sp³-hybridized carbons (Fsp3) is 0.190. The molecule has 0 N–H and O–H groups in total. The minimum atomic E-state index is -0.248. The van der Waals surface area contributed by atoms with E-state index in [2.05, 4.69) is 18.0 Å². The molecule has 0 aliphatic carbocycles. The maximum atomic E-state index is 12.5. The highest BCUT2D eigenvalue weighted by molar-refractivity contribution is 6.30. The Balaban J connectivity index is 1.61. The van der Waals surface area contributed by atoms with E-state index in [-0.39, 0.29) is 18.4 Å². The van der Waals surface area contributed by atoms with Gasteiger partial charge in [-0.25, -0.2) is 4.98 Å². The van der Waals surface area contributed by atoms with Gasteiger partial charge in [-0.05, 0) is 67.3 Å². The van der Waals surface area contributed by atoms with Gasteiger partial charge in [-0.1, -0.05) is 23.7 Å². The first kappa shape index (κ1) is 16.7. The van der Waals surface area contributed by atoms with Gasteiger partial charge in [-0.15, -0.1) is 0 Å². The number of fused-ring (bicyclic) bond motifs is 2. The highest BCUT2D eigenvalue weighted by Gasteiger charge is 2.34. The van der Waals surface area contributed by atoms with Gasteiger partial charge in [0, 0.05) is 11.9 Å². The van der Waals surface area contributed by atoms with Crippen molar-refractivity contribution in [3.63, 3.8) is 0 Å². The van der Waals surface area contributed by atoms with Crippen LogP contribution >= 0.6 is 11.6 Å². The third-order valence-corrected chi connectivity index (χ3v) is 5.27. The maximum absolute atomic E-state index is 12.5. The molecule has 0 saturated heterocycles. The van der Waals surface area contributed by atoms with Crippen molar-refractivity contribution in [3.8, 4) is 0 Å². The molecule has 0 saturated carbocycles. The number of pyridine rings is 1. The van der Waals surface area contributed by atoms with E-state index >= 15 is 0 Å². The first-order valence-electron chi connectivity index (χ1n) is 8.47. The molecule has 2 heterocycles. The van der Waals surface area contributed by atoms with E-state index in [4.69, 9.17) is 11.6 Å². The van der Waals surface area contributed by atoms with Crippen molar-refractivity contribution in [2.75, 3.05) is 6.54 Å². The standard InChI is InChI=1S/C21H17ClN2O2/c1-12-9-15-11-14(19(22)23-18(15)10-13(12)2)7-8-24-20(25)16-5-3-4-6-17(16)21(24)26/h3-6,9-11H,7-8H2,1-2H3. The highest BCUT2D eigenvalue weighted by atomic mass is 35.5. The number of hydrogen-bond donors (Lipinski definition) is 0. The number of halogens is 1. The minimum Gasteiger partial charge on any atom is -0.274 e.